The first kappa shape index (κ1) is 12.5. The Hall–Kier alpha value is -1.57. The monoisotopic (exact) mass is 238 g/mol. The van der Waals surface area contributed by atoms with E-state index >= 15 is 0 Å². The lowest BCUT2D eigenvalue weighted by Gasteiger charge is -2.09. The Morgan fingerprint density at radius 1 is 1.62 bits per heavy atom. The van der Waals surface area contributed by atoms with E-state index in [1.165, 1.54) is 12.1 Å². The Labute approximate surface area is 98.6 Å². The molecule has 2 N–H and O–H groups in total. The van der Waals surface area contributed by atoms with Gasteiger partial charge < -0.3 is 10.5 Å². The highest BCUT2D eigenvalue weighted by Gasteiger charge is 2.16. The van der Waals surface area contributed by atoms with E-state index < -0.39 is 5.97 Å². The number of hydrogen-bond acceptors (Lipinski definition) is 4. The van der Waals surface area contributed by atoms with Crippen LogP contribution in [0.2, 0.25) is 5.02 Å². The fraction of sp³-hybridized carbons (Fsp3) is 0.273. The molecule has 0 fully saturated rings. The average Bonchev–Trinajstić information content (AvgIpc) is 2.28. The molecule has 0 radical (unpaired) electrons. The standard InChI is InChI=1S/C11H11ClN2O2/c1-2-16-11(15)8-4-3-7(5-13)10(12)9(8)6-14/h3-4H,2,6,14H2,1H3. The number of carbonyl (C=O) groups is 1. The summed E-state index contributed by atoms with van der Waals surface area (Å²) in [5.41, 5.74) is 6.57. The van der Waals surface area contributed by atoms with Crippen molar-refractivity contribution in [1.82, 2.24) is 0 Å². The molecule has 0 bridgehead atoms. The highest BCUT2D eigenvalue weighted by atomic mass is 35.5. The van der Waals surface area contributed by atoms with E-state index in [0.717, 1.165) is 0 Å². The highest BCUT2D eigenvalue weighted by Crippen LogP contribution is 2.24. The van der Waals surface area contributed by atoms with Crippen molar-refractivity contribution in [3.05, 3.63) is 33.8 Å². The lowest BCUT2D eigenvalue weighted by Crippen LogP contribution is -2.11. The molecule has 1 aromatic rings. The maximum absolute atomic E-state index is 11.6. The predicted molar refractivity (Wildman–Crippen MR) is 60.0 cm³/mol. The molecule has 0 aromatic heterocycles. The number of nitrogens with two attached hydrogens (primary N) is 1. The zero-order valence-electron chi connectivity index (χ0n) is 8.79. The summed E-state index contributed by atoms with van der Waals surface area (Å²) in [6.07, 6.45) is 0. The molecule has 0 aliphatic heterocycles. The van der Waals surface area contributed by atoms with Crippen LogP contribution in [0.1, 0.15) is 28.4 Å². The second-order valence-electron chi connectivity index (χ2n) is 2.99. The fourth-order valence-electron chi connectivity index (χ4n) is 1.31. The van der Waals surface area contributed by atoms with Crippen molar-refractivity contribution in [2.24, 2.45) is 5.73 Å². The minimum absolute atomic E-state index is 0.0858. The number of benzene rings is 1. The van der Waals surface area contributed by atoms with Crippen molar-refractivity contribution in [3.8, 4) is 6.07 Å². The smallest absolute Gasteiger partial charge is 0.338 e. The van der Waals surface area contributed by atoms with Gasteiger partial charge in [-0.3, -0.25) is 0 Å². The molecule has 0 aliphatic rings. The summed E-state index contributed by atoms with van der Waals surface area (Å²) < 4.78 is 4.86. The molecule has 0 saturated carbocycles. The fourth-order valence-corrected chi connectivity index (χ4v) is 1.59. The summed E-state index contributed by atoms with van der Waals surface area (Å²) in [6.45, 7) is 2.08. The minimum Gasteiger partial charge on any atom is -0.462 e. The molecule has 4 nitrogen and oxygen atoms in total. The Kier molecular flexibility index (Phi) is 4.29. The van der Waals surface area contributed by atoms with E-state index in [0.29, 0.717) is 16.7 Å². The van der Waals surface area contributed by atoms with Crippen LogP contribution in [-0.2, 0) is 11.3 Å². The van der Waals surface area contributed by atoms with Crippen molar-refractivity contribution in [1.29, 1.82) is 5.26 Å². The Morgan fingerprint density at radius 2 is 2.31 bits per heavy atom. The molecule has 5 heteroatoms. The van der Waals surface area contributed by atoms with Crippen molar-refractivity contribution in [2.45, 2.75) is 13.5 Å². The summed E-state index contributed by atoms with van der Waals surface area (Å²) in [5.74, 6) is -0.477. The third-order valence-corrected chi connectivity index (χ3v) is 2.49. The lowest BCUT2D eigenvalue weighted by atomic mass is 10.0. The SMILES string of the molecule is CCOC(=O)c1ccc(C#N)c(Cl)c1CN. The van der Waals surface area contributed by atoms with Gasteiger partial charge in [-0.05, 0) is 19.1 Å². The summed E-state index contributed by atoms with van der Waals surface area (Å²) in [5, 5.41) is 9.00. The Morgan fingerprint density at radius 3 is 2.81 bits per heavy atom. The summed E-state index contributed by atoms with van der Waals surface area (Å²) in [7, 11) is 0. The van der Waals surface area contributed by atoms with Crippen LogP contribution in [-0.4, -0.2) is 12.6 Å². The van der Waals surface area contributed by atoms with E-state index in [1.807, 2.05) is 6.07 Å². The maximum Gasteiger partial charge on any atom is 0.338 e. The number of esters is 1. The normalized spacial score (nSPS) is 9.62. The molecule has 1 aromatic carbocycles. The minimum atomic E-state index is -0.477. The van der Waals surface area contributed by atoms with E-state index in [1.54, 1.807) is 6.92 Å². The molecular weight excluding hydrogens is 228 g/mol. The first-order valence-corrected chi connectivity index (χ1v) is 5.12. The molecule has 0 heterocycles. The van der Waals surface area contributed by atoms with Gasteiger partial charge in [-0.2, -0.15) is 5.26 Å². The van der Waals surface area contributed by atoms with Crippen molar-refractivity contribution < 1.29 is 9.53 Å². The van der Waals surface area contributed by atoms with Gasteiger partial charge in [0.2, 0.25) is 0 Å². The second kappa shape index (κ2) is 5.50. The van der Waals surface area contributed by atoms with Crippen LogP contribution in [0.4, 0.5) is 0 Å². The molecule has 0 unspecified atom stereocenters. The van der Waals surface area contributed by atoms with Crippen molar-refractivity contribution >= 4 is 17.6 Å². The number of hydrogen-bond donors (Lipinski definition) is 1. The van der Waals surface area contributed by atoms with Crippen LogP contribution in [0.3, 0.4) is 0 Å². The van der Waals surface area contributed by atoms with Gasteiger partial charge in [-0.25, -0.2) is 4.79 Å². The molecule has 0 saturated heterocycles. The first-order chi connectivity index (χ1) is 7.65. The number of rotatable bonds is 3. The number of ether oxygens (including phenoxy) is 1. The lowest BCUT2D eigenvalue weighted by molar-refractivity contribution is 0.0525. The van der Waals surface area contributed by atoms with Crippen LogP contribution in [0.25, 0.3) is 0 Å². The Bertz CT molecular complexity index is 452. The quantitative estimate of drug-likeness (QED) is 0.816. The van der Waals surface area contributed by atoms with Gasteiger partial charge >= 0.3 is 5.97 Å². The predicted octanol–water partition coefficient (Wildman–Crippen LogP) is 1.85. The number of halogens is 1. The van der Waals surface area contributed by atoms with Gasteiger partial charge in [0.25, 0.3) is 0 Å². The molecule has 16 heavy (non-hydrogen) atoms. The van der Waals surface area contributed by atoms with Gasteiger partial charge in [-0.15, -0.1) is 0 Å². The zero-order chi connectivity index (χ0) is 12.1. The number of carbonyl (C=O) groups excluding carboxylic acids is 1. The van der Waals surface area contributed by atoms with Crippen LogP contribution in [0.5, 0.6) is 0 Å². The Balaban J connectivity index is 3.27. The third kappa shape index (κ3) is 2.32. The highest BCUT2D eigenvalue weighted by molar-refractivity contribution is 6.33. The molecular formula is C11H11ClN2O2. The molecule has 0 spiro atoms. The summed E-state index contributed by atoms with van der Waals surface area (Å²) in [4.78, 5) is 11.6. The second-order valence-corrected chi connectivity index (χ2v) is 3.37. The van der Waals surface area contributed by atoms with Crippen molar-refractivity contribution in [2.75, 3.05) is 6.61 Å². The topological polar surface area (TPSA) is 76.1 Å². The van der Waals surface area contributed by atoms with Crippen LogP contribution >= 0.6 is 11.6 Å². The average molecular weight is 239 g/mol. The maximum atomic E-state index is 11.6. The third-order valence-electron chi connectivity index (χ3n) is 2.06. The van der Waals surface area contributed by atoms with Crippen LogP contribution < -0.4 is 5.73 Å². The van der Waals surface area contributed by atoms with Crippen LogP contribution in [0, 0.1) is 11.3 Å². The van der Waals surface area contributed by atoms with Gasteiger partial charge in [-0.1, -0.05) is 11.6 Å². The van der Waals surface area contributed by atoms with Gasteiger partial charge in [0, 0.05) is 12.1 Å². The van der Waals surface area contributed by atoms with Gasteiger partial charge in [0.15, 0.2) is 0 Å². The first-order valence-electron chi connectivity index (χ1n) is 4.74. The van der Waals surface area contributed by atoms with E-state index in [9.17, 15) is 4.79 Å². The van der Waals surface area contributed by atoms with E-state index in [-0.39, 0.29) is 18.2 Å². The molecule has 1 rings (SSSR count). The molecule has 0 atom stereocenters. The number of nitriles is 1. The molecule has 0 amide bonds. The molecule has 0 aliphatic carbocycles. The summed E-state index contributed by atoms with van der Waals surface area (Å²) >= 11 is 5.95. The largest absolute Gasteiger partial charge is 0.462 e. The van der Waals surface area contributed by atoms with Gasteiger partial charge in [0.1, 0.15) is 6.07 Å². The molecule has 84 valence electrons. The van der Waals surface area contributed by atoms with Crippen molar-refractivity contribution in [3.63, 3.8) is 0 Å². The van der Waals surface area contributed by atoms with E-state index in [4.69, 9.17) is 27.3 Å². The summed E-state index contributed by atoms with van der Waals surface area (Å²) in [6, 6.07) is 4.91. The van der Waals surface area contributed by atoms with Gasteiger partial charge in [0.05, 0.1) is 22.8 Å². The van der Waals surface area contributed by atoms with E-state index in [2.05, 4.69) is 0 Å². The zero-order valence-corrected chi connectivity index (χ0v) is 9.54. The number of nitrogens with zero attached hydrogens (tertiary/aromatic N) is 1. The van der Waals surface area contributed by atoms with Crippen LogP contribution in [0.15, 0.2) is 12.1 Å².